The van der Waals surface area contributed by atoms with Gasteiger partial charge in [0.25, 0.3) is 11.8 Å². The molecular formula is C29H34N6O3. The molecule has 3 amide bonds. The van der Waals surface area contributed by atoms with E-state index in [0.717, 1.165) is 35.2 Å². The van der Waals surface area contributed by atoms with Crippen molar-refractivity contribution in [3.05, 3.63) is 82.9 Å². The summed E-state index contributed by atoms with van der Waals surface area (Å²) in [5, 5.41) is 5.91. The zero-order chi connectivity index (χ0) is 27.0. The second-order valence-corrected chi connectivity index (χ2v) is 10.7. The van der Waals surface area contributed by atoms with Crippen molar-refractivity contribution in [2.75, 3.05) is 19.0 Å². The molecule has 0 spiro atoms. The Morgan fingerprint density at radius 2 is 1.61 bits per heavy atom. The molecule has 5 rings (SSSR count). The summed E-state index contributed by atoms with van der Waals surface area (Å²) in [6.45, 7) is 4.74. The summed E-state index contributed by atoms with van der Waals surface area (Å²) in [5.41, 5.74) is 3.40. The van der Waals surface area contributed by atoms with Crippen LogP contribution in [0, 0.1) is 6.92 Å². The third-order valence-electron chi connectivity index (χ3n) is 7.36. The maximum absolute atomic E-state index is 13.8. The number of amides is 3. The molecule has 2 heterocycles. The van der Waals surface area contributed by atoms with Crippen molar-refractivity contribution < 1.29 is 14.4 Å². The van der Waals surface area contributed by atoms with E-state index in [9.17, 15) is 14.4 Å². The number of carbonyl (C=O) groups excluding carboxylic acids is 3. The summed E-state index contributed by atoms with van der Waals surface area (Å²) in [5.74, 6) is -0.957. The molecule has 9 heteroatoms. The van der Waals surface area contributed by atoms with Crippen LogP contribution in [0.2, 0.25) is 0 Å². The maximum atomic E-state index is 13.8. The number of aromatic nitrogens is 2. The second kappa shape index (κ2) is 9.96. The molecule has 38 heavy (non-hydrogen) atoms. The predicted molar refractivity (Wildman–Crippen MR) is 145 cm³/mol. The number of nitrogens with one attached hydrogen (secondary N) is 2. The molecule has 1 aliphatic carbocycles. The zero-order valence-electron chi connectivity index (χ0n) is 22.3. The van der Waals surface area contributed by atoms with Crippen molar-refractivity contribution in [2.45, 2.75) is 57.9 Å². The number of nitrogens with zero attached hydrogens (tertiary/aromatic N) is 4. The quantitative estimate of drug-likeness (QED) is 0.482. The molecule has 0 saturated heterocycles. The molecule has 2 aromatic carbocycles. The van der Waals surface area contributed by atoms with Crippen LogP contribution in [0.25, 0.3) is 0 Å². The Bertz CT molecular complexity index is 1360. The molecule has 1 aromatic heterocycles. The van der Waals surface area contributed by atoms with E-state index in [0.29, 0.717) is 13.1 Å². The third-order valence-corrected chi connectivity index (χ3v) is 7.36. The van der Waals surface area contributed by atoms with Gasteiger partial charge in [0.15, 0.2) is 5.69 Å². The molecule has 1 saturated carbocycles. The van der Waals surface area contributed by atoms with Gasteiger partial charge in [0.2, 0.25) is 5.91 Å². The summed E-state index contributed by atoms with van der Waals surface area (Å²) >= 11 is 0. The van der Waals surface area contributed by atoms with Crippen LogP contribution in [0.15, 0.2) is 54.9 Å². The maximum Gasteiger partial charge on any atom is 0.274 e. The van der Waals surface area contributed by atoms with Crippen LogP contribution >= 0.6 is 0 Å². The van der Waals surface area contributed by atoms with Gasteiger partial charge in [0, 0.05) is 38.9 Å². The summed E-state index contributed by atoms with van der Waals surface area (Å²) in [4.78, 5) is 48.4. The Morgan fingerprint density at radius 3 is 2.21 bits per heavy atom. The van der Waals surface area contributed by atoms with Crippen molar-refractivity contribution >= 4 is 23.4 Å². The number of imidazole rings is 1. The summed E-state index contributed by atoms with van der Waals surface area (Å²) in [6.07, 6.45) is 3.17. The van der Waals surface area contributed by atoms with E-state index < -0.39 is 11.4 Å². The topological polar surface area (TPSA) is 99.6 Å². The lowest BCUT2D eigenvalue weighted by Crippen LogP contribution is -2.64. The second-order valence-electron chi connectivity index (χ2n) is 10.7. The lowest BCUT2D eigenvalue weighted by Gasteiger charge is -2.44. The van der Waals surface area contributed by atoms with Crippen LogP contribution in [0.3, 0.4) is 0 Å². The summed E-state index contributed by atoms with van der Waals surface area (Å²) in [6, 6.07) is 15.9. The lowest BCUT2D eigenvalue weighted by atomic mass is 9.93. The predicted octanol–water partition coefficient (Wildman–Crippen LogP) is 2.88. The Hall–Kier alpha value is -4.14. The van der Waals surface area contributed by atoms with E-state index in [1.54, 1.807) is 16.4 Å². The molecule has 2 aliphatic rings. The van der Waals surface area contributed by atoms with Gasteiger partial charge in [-0.15, -0.1) is 0 Å². The average molecular weight is 515 g/mol. The first-order valence-electron chi connectivity index (χ1n) is 12.9. The van der Waals surface area contributed by atoms with E-state index in [2.05, 4.69) is 15.6 Å². The van der Waals surface area contributed by atoms with Crippen LogP contribution < -0.4 is 15.5 Å². The highest BCUT2D eigenvalue weighted by Crippen LogP contribution is 2.38. The van der Waals surface area contributed by atoms with Crippen LogP contribution in [0.1, 0.15) is 57.4 Å². The minimum Gasteiger partial charge on any atom is -0.378 e. The number of anilines is 1. The minimum absolute atomic E-state index is 0.0209. The number of hydrogen-bond donors (Lipinski definition) is 2. The minimum atomic E-state index is -1.08. The molecule has 0 unspecified atom stereocenters. The molecule has 198 valence electrons. The average Bonchev–Trinajstić information content (AvgIpc) is 3.64. The van der Waals surface area contributed by atoms with Crippen LogP contribution in [-0.4, -0.2) is 57.8 Å². The molecule has 1 aliphatic heterocycles. The molecule has 0 radical (unpaired) electrons. The van der Waals surface area contributed by atoms with Gasteiger partial charge in [-0.1, -0.05) is 42.0 Å². The van der Waals surface area contributed by atoms with E-state index in [-0.39, 0.29) is 35.8 Å². The third kappa shape index (κ3) is 4.88. The first kappa shape index (κ1) is 25.5. The van der Waals surface area contributed by atoms with Gasteiger partial charge in [-0.3, -0.25) is 14.4 Å². The fourth-order valence-corrected chi connectivity index (χ4v) is 4.98. The Labute approximate surface area is 222 Å². The van der Waals surface area contributed by atoms with Gasteiger partial charge in [-0.2, -0.15) is 0 Å². The van der Waals surface area contributed by atoms with Crippen LogP contribution in [0.4, 0.5) is 5.69 Å². The van der Waals surface area contributed by atoms with E-state index in [1.165, 1.54) is 6.33 Å². The van der Waals surface area contributed by atoms with Crippen molar-refractivity contribution in [1.29, 1.82) is 0 Å². The fourth-order valence-electron chi connectivity index (χ4n) is 4.98. The SMILES string of the molecule is Cc1ccc(CNC(=O)[C@]2(C)Cn3cnc(C(=O)NCc4ccc(N(C)C)cc4)c3C(=O)N2C2CC2)cc1. The molecule has 3 aromatic rings. The van der Waals surface area contributed by atoms with Gasteiger partial charge >= 0.3 is 0 Å². The molecular weight excluding hydrogens is 480 g/mol. The van der Waals surface area contributed by atoms with Crippen molar-refractivity contribution in [3.8, 4) is 0 Å². The van der Waals surface area contributed by atoms with Gasteiger partial charge < -0.3 is 25.0 Å². The molecule has 9 nitrogen and oxygen atoms in total. The van der Waals surface area contributed by atoms with Gasteiger partial charge in [-0.25, -0.2) is 4.98 Å². The smallest absolute Gasteiger partial charge is 0.274 e. The van der Waals surface area contributed by atoms with Crippen molar-refractivity contribution in [1.82, 2.24) is 25.1 Å². The highest BCUT2D eigenvalue weighted by Gasteiger charge is 2.53. The van der Waals surface area contributed by atoms with E-state index in [1.807, 2.05) is 74.4 Å². The van der Waals surface area contributed by atoms with E-state index >= 15 is 0 Å². The monoisotopic (exact) mass is 514 g/mol. The lowest BCUT2D eigenvalue weighted by molar-refractivity contribution is -0.133. The number of benzene rings is 2. The highest BCUT2D eigenvalue weighted by molar-refractivity contribution is 6.07. The Kier molecular flexibility index (Phi) is 6.69. The standard InChI is InChI=1S/C29H34N6O3/c1-19-5-7-20(8-6-19)16-31-28(38)29(2)17-34-18-32-24(25(34)27(37)35(29)23-13-14-23)26(36)30-15-21-9-11-22(12-10-21)33(3)4/h5-12,18,23H,13-17H2,1-4H3,(H,30,36)(H,31,38)/t29-/m0/s1. The van der Waals surface area contributed by atoms with Gasteiger partial charge in [0.05, 0.1) is 12.9 Å². The number of hydrogen-bond acceptors (Lipinski definition) is 5. The Balaban J connectivity index is 1.32. The number of aryl methyl sites for hydroxylation is 1. The number of rotatable bonds is 8. The van der Waals surface area contributed by atoms with Crippen molar-refractivity contribution in [3.63, 3.8) is 0 Å². The number of carbonyl (C=O) groups is 3. The van der Waals surface area contributed by atoms with Gasteiger partial charge in [-0.05, 0) is 49.9 Å². The molecule has 1 fully saturated rings. The largest absolute Gasteiger partial charge is 0.378 e. The fraction of sp³-hybridized carbons (Fsp3) is 0.379. The molecule has 1 atom stereocenters. The molecule has 0 bridgehead atoms. The molecule has 2 N–H and O–H groups in total. The number of fused-ring (bicyclic) bond motifs is 1. The van der Waals surface area contributed by atoms with Crippen LogP contribution in [0.5, 0.6) is 0 Å². The first-order chi connectivity index (χ1) is 18.2. The van der Waals surface area contributed by atoms with Crippen molar-refractivity contribution in [2.24, 2.45) is 0 Å². The highest BCUT2D eigenvalue weighted by atomic mass is 16.2. The first-order valence-corrected chi connectivity index (χ1v) is 12.9. The van der Waals surface area contributed by atoms with Crippen LogP contribution in [-0.2, 0) is 24.4 Å². The van der Waals surface area contributed by atoms with Gasteiger partial charge in [0.1, 0.15) is 11.2 Å². The zero-order valence-corrected chi connectivity index (χ0v) is 22.3. The Morgan fingerprint density at radius 1 is 1.00 bits per heavy atom. The normalized spacial score (nSPS) is 18.6. The summed E-state index contributed by atoms with van der Waals surface area (Å²) in [7, 11) is 3.94. The van der Waals surface area contributed by atoms with E-state index in [4.69, 9.17) is 0 Å². The summed E-state index contributed by atoms with van der Waals surface area (Å²) < 4.78 is 1.65.